The minimum Gasteiger partial charge on any atom is -0.381 e. The van der Waals surface area contributed by atoms with Crippen molar-refractivity contribution in [3.63, 3.8) is 0 Å². The molecule has 4 heteroatoms. The van der Waals surface area contributed by atoms with E-state index in [-0.39, 0.29) is 0 Å². The summed E-state index contributed by atoms with van der Waals surface area (Å²) in [6.45, 7) is 6.12. The van der Waals surface area contributed by atoms with Crippen LogP contribution in [-0.4, -0.2) is 22.8 Å². The Bertz CT molecular complexity index is 329. The Morgan fingerprint density at radius 3 is 2.73 bits per heavy atom. The van der Waals surface area contributed by atoms with Gasteiger partial charge in [-0.05, 0) is 42.6 Å². The highest BCUT2D eigenvalue weighted by atomic mass is 79.9. The zero-order chi connectivity index (χ0) is 10.8. The summed E-state index contributed by atoms with van der Waals surface area (Å²) in [5.41, 5.74) is 0. The van der Waals surface area contributed by atoms with Crippen LogP contribution in [0.1, 0.15) is 44.5 Å². The number of halogens is 1. The Kier molecular flexibility index (Phi) is 3.46. The average Bonchev–Trinajstić information content (AvgIpc) is 2.61. The lowest BCUT2D eigenvalue weighted by molar-refractivity contribution is 0.0825. The molecule has 0 aliphatic carbocycles. The summed E-state index contributed by atoms with van der Waals surface area (Å²) in [5.74, 6) is 1.77. The minimum atomic E-state index is 0.458. The molecule has 0 atom stereocenters. The molecule has 0 aromatic carbocycles. The third-order valence-electron chi connectivity index (χ3n) is 2.88. The Morgan fingerprint density at radius 2 is 2.13 bits per heavy atom. The molecule has 0 bridgehead atoms. The number of hydrogen-bond donors (Lipinski definition) is 0. The van der Waals surface area contributed by atoms with Gasteiger partial charge in [0, 0.05) is 25.2 Å². The highest BCUT2D eigenvalue weighted by Gasteiger charge is 2.22. The van der Waals surface area contributed by atoms with Crippen LogP contribution in [0.4, 0.5) is 0 Å². The van der Waals surface area contributed by atoms with E-state index in [2.05, 4.69) is 39.3 Å². The number of hydrogen-bond acceptors (Lipinski definition) is 2. The summed E-state index contributed by atoms with van der Waals surface area (Å²) in [5, 5.41) is 0. The predicted octanol–water partition coefficient (Wildman–Crippen LogP) is 3.12. The maximum absolute atomic E-state index is 5.38. The van der Waals surface area contributed by atoms with Crippen molar-refractivity contribution >= 4 is 15.9 Å². The second kappa shape index (κ2) is 4.66. The molecule has 1 aromatic heterocycles. The molecule has 1 aliphatic heterocycles. The highest BCUT2D eigenvalue weighted by molar-refractivity contribution is 9.10. The van der Waals surface area contributed by atoms with Gasteiger partial charge >= 0.3 is 0 Å². The van der Waals surface area contributed by atoms with E-state index >= 15 is 0 Å². The zero-order valence-electron chi connectivity index (χ0n) is 9.24. The average molecular weight is 273 g/mol. The van der Waals surface area contributed by atoms with Crippen LogP contribution in [0.5, 0.6) is 0 Å². The van der Waals surface area contributed by atoms with Gasteiger partial charge in [-0.3, -0.25) is 0 Å². The smallest absolute Gasteiger partial charge is 0.113 e. The van der Waals surface area contributed by atoms with Crippen molar-refractivity contribution in [3.8, 4) is 0 Å². The van der Waals surface area contributed by atoms with Gasteiger partial charge < -0.3 is 9.30 Å². The van der Waals surface area contributed by atoms with Crippen LogP contribution < -0.4 is 0 Å². The molecule has 1 aromatic rings. The molecule has 0 radical (unpaired) electrons. The monoisotopic (exact) mass is 272 g/mol. The van der Waals surface area contributed by atoms with Crippen molar-refractivity contribution in [2.24, 2.45) is 0 Å². The first kappa shape index (κ1) is 11.1. The molecule has 2 rings (SSSR count). The number of ether oxygens (including phenoxy) is 1. The summed E-state index contributed by atoms with van der Waals surface area (Å²) in [6, 6.07) is 0.458. The van der Waals surface area contributed by atoms with Gasteiger partial charge in [0.2, 0.25) is 0 Å². The van der Waals surface area contributed by atoms with Crippen molar-refractivity contribution in [2.75, 3.05) is 13.2 Å². The summed E-state index contributed by atoms with van der Waals surface area (Å²) in [4.78, 5) is 4.52. The molecular weight excluding hydrogens is 256 g/mol. The van der Waals surface area contributed by atoms with Crippen molar-refractivity contribution in [2.45, 2.75) is 38.6 Å². The molecule has 0 N–H and O–H groups in total. The van der Waals surface area contributed by atoms with Gasteiger partial charge in [0.25, 0.3) is 0 Å². The standard InChI is InChI=1S/C11H17BrN2O/c1-8(2)14-10(12)7-13-11(14)9-3-5-15-6-4-9/h7-9H,3-6H2,1-2H3. The Morgan fingerprint density at radius 1 is 1.47 bits per heavy atom. The number of aromatic nitrogens is 2. The second-order valence-electron chi connectivity index (χ2n) is 4.29. The topological polar surface area (TPSA) is 27.1 Å². The molecule has 1 aliphatic rings. The molecule has 15 heavy (non-hydrogen) atoms. The molecule has 84 valence electrons. The SMILES string of the molecule is CC(C)n1c(Br)cnc1C1CCOCC1. The van der Waals surface area contributed by atoms with E-state index in [0.29, 0.717) is 12.0 Å². The van der Waals surface area contributed by atoms with Crippen LogP contribution in [0.15, 0.2) is 10.8 Å². The molecule has 1 saturated heterocycles. The molecular formula is C11H17BrN2O. The summed E-state index contributed by atoms with van der Waals surface area (Å²) in [7, 11) is 0. The van der Waals surface area contributed by atoms with Gasteiger partial charge in [-0.2, -0.15) is 0 Å². The summed E-state index contributed by atoms with van der Waals surface area (Å²) in [6.07, 6.45) is 4.09. The van der Waals surface area contributed by atoms with E-state index in [1.54, 1.807) is 0 Å². The predicted molar refractivity (Wildman–Crippen MR) is 63.1 cm³/mol. The van der Waals surface area contributed by atoms with Gasteiger partial charge in [0.05, 0.1) is 6.20 Å². The van der Waals surface area contributed by atoms with E-state index in [0.717, 1.165) is 30.7 Å². The first-order valence-electron chi connectivity index (χ1n) is 5.50. The van der Waals surface area contributed by atoms with E-state index < -0.39 is 0 Å². The maximum Gasteiger partial charge on any atom is 0.113 e. The lowest BCUT2D eigenvalue weighted by atomic mass is 9.99. The second-order valence-corrected chi connectivity index (χ2v) is 5.10. The lowest BCUT2D eigenvalue weighted by Crippen LogP contribution is -2.19. The first-order chi connectivity index (χ1) is 7.20. The molecule has 2 heterocycles. The van der Waals surface area contributed by atoms with Crippen molar-refractivity contribution in [1.82, 2.24) is 9.55 Å². The van der Waals surface area contributed by atoms with E-state index in [1.165, 1.54) is 5.82 Å². The lowest BCUT2D eigenvalue weighted by Gasteiger charge is -2.24. The van der Waals surface area contributed by atoms with Gasteiger partial charge in [-0.1, -0.05) is 0 Å². The molecule has 0 unspecified atom stereocenters. The fourth-order valence-electron chi connectivity index (χ4n) is 2.12. The maximum atomic E-state index is 5.38. The number of imidazole rings is 1. The zero-order valence-corrected chi connectivity index (χ0v) is 10.8. The summed E-state index contributed by atoms with van der Waals surface area (Å²) >= 11 is 3.55. The van der Waals surface area contributed by atoms with Crippen LogP contribution in [0.25, 0.3) is 0 Å². The Balaban J connectivity index is 2.26. The van der Waals surface area contributed by atoms with Gasteiger partial charge in [0.1, 0.15) is 10.4 Å². The van der Waals surface area contributed by atoms with Crippen LogP contribution in [0.2, 0.25) is 0 Å². The Hall–Kier alpha value is -0.350. The normalized spacial score (nSPS) is 18.7. The molecule has 0 amide bonds. The molecule has 3 nitrogen and oxygen atoms in total. The van der Waals surface area contributed by atoms with Crippen LogP contribution in [-0.2, 0) is 4.74 Å². The van der Waals surface area contributed by atoms with Crippen LogP contribution in [0.3, 0.4) is 0 Å². The molecule has 1 fully saturated rings. The minimum absolute atomic E-state index is 0.458. The number of rotatable bonds is 2. The van der Waals surface area contributed by atoms with Gasteiger partial charge in [-0.25, -0.2) is 4.98 Å². The summed E-state index contributed by atoms with van der Waals surface area (Å²) < 4.78 is 8.74. The third-order valence-corrected chi connectivity index (χ3v) is 3.47. The number of nitrogens with zero attached hydrogens (tertiary/aromatic N) is 2. The van der Waals surface area contributed by atoms with Crippen LogP contribution >= 0.6 is 15.9 Å². The van der Waals surface area contributed by atoms with Gasteiger partial charge in [-0.15, -0.1) is 0 Å². The fraction of sp³-hybridized carbons (Fsp3) is 0.727. The van der Waals surface area contributed by atoms with Crippen molar-refractivity contribution in [1.29, 1.82) is 0 Å². The van der Waals surface area contributed by atoms with Crippen molar-refractivity contribution in [3.05, 3.63) is 16.6 Å². The quantitative estimate of drug-likeness (QED) is 0.827. The fourth-order valence-corrected chi connectivity index (χ4v) is 2.82. The Labute approximate surface area is 99.0 Å². The van der Waals surface area contributed by atoms with Crippen molar-refractivity contribution < 1.29 is 4.74 Å². The van der Waals surface area contributed by atoms with E-state index in [1.807, 2.05) is 6.20 Å². The van der Waals surface area contributed by atoms with E-state index in [9.17, 15) is 0 Å². The molecule has 0 saturated carbocycles. The van der Waals surface area contributed by atoms with Crippen LogP contribution in [0, 0.1) is 0 Å². The molecule has 0 spiro atoms. The van der Waals surface area contributed by atoms with Gasteiger partial charge in [0.15, 0.2) is 0 Å². The van der Waals surface area contributed by atoms with E-state index in [4.69, 9.17) is 4.74 Å². The first-order valence-corrected chi connectivity index (χ1v) is 6.30. The largest absolute Gasteiger partial charge is 0.381 e. The highest BCUT2D eigenvalue weighted by Crippen LogP contribution is 2.30. The third kappa shape index (κ3) is 2.26.